The third-order valence-corrected chi connectivity index (χ3v) is 5.82. The Hall–Kier alpha value is -0.120. The maximum atomic E-state index is 3.69. The maximum absolute atomic E-state index is 3.69. The molecule has 0 bridgehead atoms. The van der Waals surface area contributed by atoms with Crippen LogP contribution in [0.5, 0.6) is 0 Å². The molecule has 0 aromatic heterocycles. The van der Waals surface area contributed by atoms with Crippen LogP contribution in [0.3, 0.4) is 0 Å². The van der Waals surface area contributed by atoms with E-state index >= 15 is 0 Å². The van der Waals surface area contributed by atoms with Crippen molar-refractivity contribution in [1.82, 2.24) is 15.8 Å². The Labute approximate surface area is 165 Å². The average Bonchev–Trinajstić information content (AvgIpc) is 2.66. The van der Waals surface area contributed by atoms with E-state index in [2.05, 4.69) is 29.6 Å². The van der Waals surface area contributed by atoms with E-state index in [9.17, 15) is 0 Å². The van der Waals surface area contributed by atoms with Crippen molar-refractivity contribution < 1.29 is 0 Å². The zero-order valence-corrected chi connectivity index (χ0v) is 18.2. The second kappa shape index (κ2) is 18.3. The Morgan fingerprint density at radius 3 is 1.81 bits per heavy atom. The molecule has 1 aliphatic heterocycles. The highest BCUT2D eigenvalue weighted by Gasteiger charge is 2.20. The number of unbranched alkanes of at least 4 members (excludes halogenated alkanes) is 13. The van der Waals surface area contributed by atoms with Crippen LogP contribution in [0.1, 0.15) is 117 Å². The van der Waals surface area contributed by atoms with Crippen LogP contribution in [0, 0.1) is 0 Å². The van der Waals surface area contributed by atoms with Crippen LogP contribution in [0.15, 0.2) is 0 Å². The summed E-state index contributed by atoms with van der Waals surface area (Å²) in [5.74, 6) is 0. The molecular formula is C23H49N3. The van der Waals surface area contributed by atoms with Gasteiger partial charge in [0.25, 0.3) is 0 Å². The molecule has 0 saturated carbocycles. The molecule has 0 amide bonds. The molecule has 1 saturated heterocycles. The number of hydrazine groups is 1. The van der Waals surface area contributed by atoms with E-state index in [4.69, 9.17) is 0 Å². The van der Waals surface area contributed by atoms with E-state index in [1.165, 1.54) is 103 Å². The lowest BCUT2D eigenvalue weighted by atomic mass is 10.0. The van der Waals surface area contributed by atoms with E-state index in [0.717, 1.165) is 26.2 Å². The first-order valence-corrected chi connectivity index (χ1v) is 12.1. The zero-order chi connectivity index (χ0) is 18.7. The van der Waals surface area contributed by atoms with Crippen LogP contribution < -0.4 is 10.7 Å². The quantitative estimate of drug-likeness (QED) is 0.289. The van der Waals surface area contributed by atoms with E-state index in [-0.39, 0.29) is 0 Å². The minimum atomic E-state index is 0.695. The molecule has 1 fully saturated rings. The van der Waals surface area contributed by atoms with Crippen LogP contribution in [0.25, 0.3) is 0 Å². The van der Waals surface area contributed by atoms with Gasteiger partial charge in [0.15, 0.2) is 0 Å². The molecule has 0 radical (unpaired) electrons. The molecule has 0 aromatic rings. The van der Waals surface area contributed by atoms with Crippen LogP contribution in [0.4, 0.5) is 0 Å². The highest BCUT2D eigenvalue weighted by atomic mass is 15.5. The van der Waals surface area contributed by atoms with Gasteiger partial charge in [-0.1, -0.05) is 104 Å². The third-order valence-electron chi connectivity index (χ3n) is 5.82. The molecule has 1 rings (SSSR count). The predicted octanol–water partition coefficient (Wildman–Crippen LogP) is 6.05. The molecule has 156 valence electrons. The molecule has 1 unspecified atom stereocenters. The van der Waals surface area contributed by atoms with Crippen molar-refractivity contribution in [1.29, 1.82) is 0 Å². The highest BCUT2D eigenvalue weighted by Crippen LogP contribution is 2.13. The lowest BCUT2D eigenvalue weighted by molar-refractivity contribution is 0.0901. The fourth-order valence-electron chi connectivity index (χ4n) is 4.10. The summed E-state index contributed by atoms with van der Waals surface area (Å²) >= 11 is 0. The Morgan fingerprint density at radius 1 is 0.731 bits per heavy atom. The normalized spacial score (nSPS) is 18.5. The predicted molar refractivity (Wildman–Crippen MR) is 117 cm³/mol. The monoisotopic (exact) mass is 367 g/mol. The van der Waals surface area contributed by atoms with Gasteiger partial charge in [-0.05, 0) is 12.8 Å². The minimum absolute atomic E-state index is 0.695. The van der Waals surface area contributed by atoms with Crippen molar-refractivity contribution in [2.24, 2.45) is 0 Å². The van der Waals surface area contributed by atoms with Crippen molar-refractivity contribution in [2.45, 2.75) is 123 Å². The van der Waals surface area contributed by atoms with Gasteiger partial charge in [0.2, 0.25) is 0 Å². The first-order valence-electron chi connectivity index (χ1n) is 12.1. The molecule has 26 heavy (non-hydrogen) atoms. The van der Waals surface area contributed by atoms with Crippen molar-refractivity contribution in [3.05, 3.63) is 0 Å². The Morgan fingerprint density at radius 2 is 1.27 bits per heavy atom. The molecule has 2 N–H and O–H groups in total. The summed E-state index contributed by atoms with van der Waals surface area (Å²) in [5, 5.41) is 6.02. The summed E-state index contributed by atoms with van der Waals surface area (Å²) in [6, 6.07) is 0.695. The van der Waals surface area contributed by atoms with E-state index in [1.807, 2.05) is 0 Å². The minimum Gasteiger partial charge on any atom is -0.314 e. The molecular weight excluding hydrogens is 318 g/mol. The van der Waals surface area contributed by atoms with Crippen LogP contribution in [0.2, 0.25) is 0 Å². The van der Waals surface area contributed by atoms with E-state index in [0.29, 0.717) is 6.04 Å². The van der Waals surface area contributed by atoms with Gasteiger partial charge in [-0.2, -0.15) is 0 Å². The van der Waals surface area contributed by atoms with Gasteiger partial charge in [0.1, 0.15) is 0 Å². The van der Waals surface area contributed by atoms with Crippen LogP contribution in [-0.2, 0) is 0 Å². The Kier molecular flexibility index (Phi) is 16.8. The first-order chi connectivity index (χ1) is 12.9. The summed E-state index contributed by atoms with van der Waals surface area (Å²) in [6.07, 6.45) is 22.7. The summed E-state index contributed by atoms with van der Waals surface area (Å²) in [7, 11) is 0. The molecule has 3 heteroatoms. The first kappa shape index (κ1) is 23.9. The number of nitrogens with one attached hydrogen (secondary N) is 2. The molecule has 0 spiro atoms. The molecule has 3 nitrogen and oxygen atoms in total. The van der Waals surface area contributed by atoms with Gasteiger partial charge in [-0.3, -0.25) is 5.43 Å². The van der Waals surface area contributed by atoms with Crippen LogP contribution >= 0.6 is 0 Å². The van der Waals surface area contributed by atoms with Gasteiger partial charge in [0, 0.05) is 32.2 Å². The van der Waals surface area contributed by atoms with Crippen molar-refractivity contribution in [3.8, 4) is 0 Å². The number of hydrogen-bond acceptors (Lipinski definition) is 3. The molecule has 1 heterocycles. The van der Waals surface area contributed by atoms with E-state index < -0.39 is 0 Å². The average molecular weight is 368 g/mol. The summed E-state index contributed by atoms with van der Waals surface area (Å²) in [6.45, 7) is 9.19. The summed E-state index contributed by atoms with van der Waals surface area (Å²) in [5.41, 5.74) is 3.69. The number of hydrogen-bond donors (Lipinski definition) is 2. The molecule has 0 aliphatic carbocycles. The molecule has 1 aliphatic rings. The fraction of sp³-hybridized carbons (Fsp3) is 1.00. The summed E-state index contributed by atoms with van der Waals surface area (Å²) in [4.78, 5) is 0. The Balaban J connectivity index is 1.79. The number of rotatable bonds is 18. The van der Waals surface area contributed by atoms with Crippen molar-refractivity contribution in [3.63, 3.8) is 0 Å². The highest BCUT2D eigenvalue weighted by molar-refractivity contribution is 4.76. The SMILES string of the molecule is CCCCCCCCCCCCCCCCNN1CCNCC1CCC. The van der Waals surface area contributed by atoms with Gasteiger partial charge >= 0.3 is 0 Å². The van der Waals surface area contributed by atoms with Crippen molar-refractivity contribution in [2.75, 3.05) is 26.2 Å². The smallest absolute Gasteiger partial charge is 0.0368 e. The molecule has 0 aromatic carbocycles. The van der Waals surface area contributed by atoms with Gasteiger partial charge in [-0.25, -0.2) is 5.01 Å². The van der Waals surface area contributed by atoms with Crippen molar-refractivity contribution >= 4 is 0 Å². The second-order valence-corrected chi connectivity index (χ2v) is 8.34. The number of nitrogens with zero attached hydrogens (tertiary/aromatic N) is 1. The van der Waals surface area contributed by atoms with Gasteiger partial charge < -0.3 is 5.32 Å². The Bertz CT molecular complexity index is 281. The van der Waals surface area contributed by atoms with E-state index in [1.54, 1.807) is 0 Å². The molecule has 1 atom stereocenters. The topological polar surface area (TPSA) is 27.3 Å². The standard InChI is InChI=1S/C23H49N3/c1-3-5-6-7-8-9-10-11-12-13-14-15-16-17-19-25-26-21-20-24-22-23(26)18-4-2/h23-25H,3-22H2,1-2H3. The van der Waals surface area contributed by atoms with Gasteiger partial charge in [-0.15, -0.1) is 0 Å². The maximum Gasteiger partial charge on any atom is 0.0368 e. The second-order valence-electron chi connectivity index (χ2n) is 8.34. The lowest BCUT2D eigenvalue weighted by Gasteiger charge is -2.36. The zero-order valence-electron chi connectivity index (χ0n) is 18.2. The number of piperazine rings is 1. The van der Waals surface area contributed by atoms with Gasteiger partial charge in [0.05, 0.1) is 0 Å². The largest absolute Gasteiger partial charge is 0.314 e. The lowest BCUT2D eigenvalue weighted by Crippen LogP contribution is -2.56. The van der Waals surface area contributed by atoms with Crippen LogP contribution in [-0.4, -0.2) is 37.2 Å². The fourth-order valence-corrected chi connectivity index (χ4v) is 4.10. The third kappa shape index (κ3) is 13.1. The summed E-state index contributed by atoms with van der Waals surface area (Å²) < 4.78 is 0.